The molecule has 1 aromatic rings. The first-order valence-corrected chi connectivity index (χ1v) is 10.4. The van der Waals surface area contributed by atoms with Crippen molar-refractivity contribution >= 4 is 14.5 Å². The summed E-state index contributed by atoms with van der Waals surface area (Å²) in [4.78, 5) is 0. The van der Waals surface area contributed by atoms with Gasteiger partial charge in [-0.1, -0.05) is 6.07 Å². The summed E-state index contributed by atoms with van der Waals surface area (Å²) in [5, 5.41) is 0. The third-order valence-corrected chi connectivity index (χ3v) is 6.84. The van der Waals surface area contributed by atoms with E-state index >= 15 is 0 Å². The lowest BCUT2D eigenvalue weighted by Gasteiger charge is -2.32. The maximum absolute atomic E-state index is 6.34. The zero-order valence-corrected chi connectivity index (χ0v) is 20.0. The van der Waals surface area contributed by atoms with Crippen LogP contribution in [-0.2, 0) is 25.2 Å². The standard InChI is InChI=1S/C21H35B2NO6/c1-18(2)19(3,4)28-22(27-18)24(23-29-20(5,6)21(7,8)30-23)14-15-11-12-16(25-9)17(13-15)26-10/h11-13H,14H2,1-10H3. The highest BCUT2D eigenvalue weighted by atomic mass is 16.7. The highest BCUT2D eigenvalue weighted by Crippen LogP contribution is 2.42. The Morgan fingerprint density at radius 3 is 1.47 bits per heavy atom. The van der Waals surface area contributed by atoms with Crippen molar-refractivity contribution < 1.29 is 28.1 Å². The van der Waals surface area contributed by atoms with Gasteiger partial charge < -0.3 is 28.1 Å². The molecule has 9 heteroatoms. The van der Waals surface area contributed by atoms with Crippen LogP contribution in [0.3, 0.4) is 0 Å². The molecular weight excluding hydrogens is 384 g/mol. The van der Waals surface area contributed by atoms with Gasteiger partial charge in [0.25, 0.3) is 0 Å². The summed E-state index contributed by atoms with van der Waals surface area (Å²) >= 11 is 0. The molecule has 0 unspecified atom stereocenters. The summed E-state index contributed by atoms with van der Waals surface area (Å²) in [6.07, 6.45) is 0. The molecule has 7 nitrogen and oxygen atoms in total. The Labute approximate surface area is 181 Å². The third-order valence-electron chi connectivity index (χ3n) is 6.84. The Kier molecular flexibility index (Phi) is 6.02. The summed E-state index contributed by atoms with van der Waals surface area (Å²) in [6.45, 7) is 16.7. The first kappa shape index (κ1) is 23.4. The average molecular weight is 419 g/mol. The second-order valence-electron chi connectivity index (χ2n) is 9.99. The van der Waals surface area contributed by atoms with Crippen LogP contribution in [0.25, 0.3) is 0 Å². The lowest BCUT2D eigenvalue weighted by Crippen LogP contribution is -2.52. The van der Waals surface area contributed by atoms with Gasteiger partial charge in [-0.25, -0.2) is 0 Å². The van der Waals surface area contributed by atoms with E-state index < -0.39 is 36.9 Å². The van der Waals surface area contributed by atoms with E-state index in [9.17, 15) is 0 Å². The van der Waals surface area contributed by atoms with Crippen LogP contribution >= 0.6 is 0 Å². The van der Waals surface area contributed by atoms with Crippen molar-refractivity contribution in [1.29, 1.82) is 0 Å². The number of hydrogen-bond donors (Lipinski definition) is 0. The molecule has 0 bridgehead atoms. The second kappa shape index (κ2) is 7.71. The first-order chi connectivity index (χ1) is 13.7. The highest BCUT2D eigenvalue weighted by Gasteiger charge is 2.61. The first-order valence-electron chi connectivity index (χ1n) is 10.4. The summed E-state index contributed by atoms with van der Waals surface area (Å²) in [6, 6.07) is 5.83. The molecule has 0 aliphatic carbocycles. The summed E-state index contributed by atoms with van der Waals surface area (Å²) in [5.74, 6) is 1.34. The minimum atomic E-state index is -0.627. The normalized spacial score (nSPS) is 23.8. The Morgan fingerprint density at radius 2 is 1.10 bits per heavy atom. The van der Waals surface area contributed by atoms with E-state index in [0.29, 0.717) is 18.0 Å². The lowest BCUT2D eigenvalue weighted by atomic mass is 9.87. The van der Waals surface area contributed by atoms with Crippen LogP contribution in [0.5, 0.6) is 11.5 Å². The van der Waals surface area contributed by atoms with Crippen LogP contribution in [0, 0.1) is 0 Å². The fourth-order valence-electron chi connectivity index (χ4n) is 3.33. The minimum Gasteiger partial charge on any atom is -0.493 e. The largest absolute Gasteiger partial charge is 0.551 e. The quantitative estimate of drug-likeness (QED) is 0.653. The average Bonchev–Trinajstić information content (AvgIpc) is 2.98. The van der Waals surface area contributed by atoms with Gasteiger partial charge in [-0.2, -0.15) is 0 Å². The molecule has 0 saturated carbocycles. The van der Waals surface area contributed by atoms with Gasteiger partial charge in [0.05, 0.1) is 36.6 Å². The van der Waals surface area contributed by atoms with E-state index in [4.69, 9.17) is 28.1 Å². The van der Waals surface area contributed by atoms with Gasteiger partial charge in [0.1, 0.15) is 0 Å². The Morgan fingerprint density at radius 1 is 0.700 bits per heavy atom. The van der Waals surface area contributed by atoms with Crippen molar-refractivity contribution in [2.75, 3.05) is 14.2 Å². The smallest absolute Gasteiger partial charge is 0.493 e. The van der Waals surface area contributed by atoms with Crippen LogP contribution in [0.15, 0.2) is 18.2 Å². The molecule has 0 aromatic heterocycles. The Balaban J connectivity index is 1.93. The Hall–Kier alpha value is -1.25. The summed E-state index contributed by atoms with van der Waals surface area (Å²) in [7, 11) is 2.00. The molecule has 2 aliphatic rings. The van der Waals surface area contributed by atoms with Crippen molar-refractivity contribution in [2.24, 2.45) is 0 Å². The van der Waals surface area contributed by atoms with Crippen LogP contribution in [0.4, 0.5) is 0 Å². The topological polar surface area (TPSA) is 58.6 Å². The van der Waals surface area contributed by atoms with Gasteiger partial charge in [0.15, 0.2) is 11.5 Å². The molecule has 2 fully saturated rings. The fourth-order valence-corrected chi connectivity index (χ4v) is 3.33. The van der Waals surface area contributed by atoms with E-state index in [1.165, 1.54) is 0 Å². The van der Waals surface area contributed by atoms with E-state index in [1.54, 1.807) is 14.2 Å². The molecule has 30 heavy (non-hydrogen) atoms. The van der Waals surface area contributed by atoms with Gasteiger partial charge in [-0.3, -0.25) is 4.72 Å². The molecule has 0 atom stereocenters. The molecule has 1 aromatic carbocycles. The van der Waals surface area contributed by atoms with Gasteiger partial charge in [0, 0.05) is 6.54 Å². The molecule has 2 saturated heterocycles. The molecule has 0 spiro atoms. The van der Waals surface area contributed by atoms with E-state index in [2.05, 4.69) is 0 Å². The molecular formula is C21H35B2NO6. The second-order valence-corrected chi connectivity index (χ2v) is 9.99. The van der Waals surface area contributed by atoms with E-state index in [-0.39, 0.29) is 0 Å². The van der Waals surface area contributed by atoms with E-state index in [0.717, 1.165) is 5.56 Å². The SMILES string of the molecule is COc1ccc(CN(B2OC(C)(C)C(C)(C)O2)B2OC(C)(C)C(C)(C)O2)cc1OC. The molecule has 0 radical (unpaired) electrons. The fraction of sp³-hybridized carbons (Fsp3) is 0.714. The highest BCUT2D eigenvalue weighted by molar-refractivity contribution is 6.60. The van der Waals surface area contributed by atoms with Crippen LogP contribution in [0.2, 0.25) is 0 Å². The monoisotopic (exact) mass is 419 g/mol. The predicted molar refractivity (Wildman–Crippen MR) is 117 cm³/mol. The van der Waals surface area contributed by atoms with Crippen molar-refractivity contribution in [2.45, 2.75) is 84.3 Å². The van der Waals surface area contributed by atoms with Crippen LogP contribution in [-0.4, -0.2) is 55.9 Å². The number of hydrogen-bond acceptors (Lipinski definition) is 7. The summed E-state index contributed by atoms with van der Waals surface area (Å²) < 4.78 is 38.2. The van der Waals surface area contributed by atoms with Gasteiger partial charge >= 0.3 is 14.5 Å². The van der Waals surface area contributed by atoms with Crippen LogP contribution < -0.4 is 9.47 Å². The van der Waals surface area contributed by atoms with Gasteiger partial charge in [0.2, 0.25) is 0 Å². The maximum Gasteiger partial charge on any atom is 0.551 e. The predicted octanol–water partition coefficient (Wildman–Crippen LogP) is 3.68. The van der Waals surface area contributed by atoms with Gasteiger partial charge in [-0.05, 0) is 73.1 Å². The maximum atomic E-state index is 6.34. The Bertz CT molecular complexity index is 715. The number of rotatable bonds is 6. The zero-order valence-electron chi connectivity index (χ0n) is 20.0. The van der Waals surface area contributed by atoms with Crippen LogP contribution in [0.1, 0.15) is 61.0 Å². The molecule has 2 heterocycles. The van der Waals surface area contributed by atoms with Gasteiger partial charge in [-0.15, -0.1) is 0 Å². The summed E-state index contributed by atoms with van der Waals surface area (Å²) in [5.41, 5.74) is -0.903. The molecule has 0 amide bonds. The number of ether oxygens (including phenoxy) is 2. The van der Waals surface area contributed by atoms with E-state index in [1.807, 2.05) is 78.3 Å². The molecule has 2 aliphatic heterocycles. The lowest BCUT2D eigenvalue weighted by molar-refractivity contribution is 0.00578. The molecule has 0 N–H and O–H groups in total. The van der Waals surface area contributed by atoms with Crippen molar-refractivity contribution in [1.82, 2.24) is 4.72 Å². The van der Waals surface area contributed by atoms with Crippen molar-refractivity contribution in [3.63, 3.8) is 0 Å². The number of nitrogens with zero attached hydrogens (tertiary/aromatic N) is 1. The minimum absolute atomic E-state index is 0.475. The molecule has 166 valence electrons. The third kappa shape index (κ3) is 4.10. The number of benzene rings is 1. The number of methoxy groups -OCH3 is 2. The van der Waals surface area contributed by atoms with Crippen molar-refractivity contribution in [3.05, 3.63) is 23.8 Å². The van der Waals surface area contributed by atoms with Crippen molar-refractivity contribution in [3.8, 4) is 11.5 Å². The zero-order chi connectivity index (χ0) is 22.5. The molecule has 3 rings (SSSR count).